The topological polar surface area (TPSA) is 59.4 Å². The van der Waals surface area contributed by atoms with Crippen LogP contribution in [0.15, 0.2) is 18.2 Å². The Morgan fingerprint density at radius 1 is 1.26 bits per heavy atom. The minimum absolute atomic E-state index is 0.00128. The van der Waals surface area contributed by atoms with E-state index in [0.717, 1.165) is 47.2 Å². The molecule has 0 spiro atoms. The van der Waals surface area contributed by atoms with E-state index in [-0.39, 0.29) is 11.8 Å². The van der Waals surface area contributed by atoms with Crippen molar-refractivity contribution in [3.05, 3.63) is 35.0 Å². The molecule has 1 saturated heterocycles. The number of rotatable bonds is 4. The van der Waals surface area contributed by atoms with E-state index in [9.17, 15) is 4.79 Å². The molecule has 144 valence electrons. The van der Waals surface area contributed by atoms with Crippen LogP contribution in [0.5, 0.6) is 5.75 Å². The molecule has 1 aromatic carbocycles. The lowest BCUT2D eigenvalue weighted by molar-refractivity contribution is -0.116. The molecule has 2 aliphatic rings. The van der Waals surface area contributed by atoms with Crippen LogP contribution in [0.1, 0.15) is 61.8 Å². The number of aromatic nitrogens is 2. The lowest BCUT2D eigenvalue weighted by Gasteiger charge is -2.27. The van der Waals surface area contributed by atoms with Gasteiger partial charge in [-0.25, -0.2) is 0 Å². The van der Waals surface area contributed by atoms with Gasteiger partial charge >= 0.3 is 0 Å². The standard InChI is InChI=1S/C21H28N4O2/c1-13(2)20-19-15(12-18(26)22-21(19)24(3)23-20)14-7-8-16(17(11-14)27-4)25-9-5-6-10-25/h7-8,11,13,15H,5-6,9-10,12H2,1-4H3,(H,22,26). The second-order valence-electron chi connectivity index (χ2n) is 7.86. The van der Waals surface area contributed by atoms with Gasteiger partial charge in [-0.2, -0.15) is 5.10 Å². The highest BCUT2D eigenvalue weighted by Gasteiger charge is 2.34. The van der Waals surface area contributed by atoms with E-state index >= 15 is 0 Å². The summed E-state index contributed by atoms with van der Waals surface area (Å²) in [6.07, 6.45) is 2.89. The normalized spacial score (nSPS) is 19.4. The average Bonchev–Trinajstić information content (AvgIpc) is 3.29. The average molecular weight is 368 g/mol. The molecule has 1 fully saturated rings. The summed E-state index contributed by atoms with van der Waals surface area (Å²) in [4.78, 5) is 14.8. The third-order valence-electron chi connectivity index (χ3n) is 5.71. The van der Waals surface area contributed by atoms with Crippen molar-refractivity contribution in [1.82, 2.24) is 9.78 Å². The second kappa shape index (κ2) is 6.91. The summed E-state index contributed by atoms with van der Waals surface area (Å²) in [5.41, 5.74) is 4.46. The number of methoxy groups -OCH3 is 1. The SMILES string of the molecule is COc1cc(C2CC(=O)Nc3c2c(C(C)C)nn3C)ccc1N1CCCC1. The Balaban J connectivity index is 1.79. The van der Waals surface area contributed by atoms with Crippen molar-refractivity contribution >= 4 is 17.4 Å². The Morgan fingerprint density at radius 2 is 2.00 bits per heavy atom. The molecule has 1 N–H and O–H groups in total. The maximum Gasteiger partial charge on any atom is 0.226 e. The predicted octanol–water partition coefficient (Wildman–Crippen LogP) is 3.63. The molecule has 6 heteroatoms. The first-order valence-corrected chi connectivity index (χ1v) is 9.79. The van der Waals surface area contributed by atoms with Crippen molar-refractivity contribution in [1.29, 1.82) is 0 Å². The second-order valence-corrected chi connectivity index (χ2v) is 7.86. The number of hydrogen-bond acceptors (Lipinski definition) is 4. The Bertz CT molecular complexity index is 865. The van der Waals surface area contributed by atoms with Crippen LogP contribution in [0, 0.1) is 0 Å². The monoisotopic (exact) mass is 368 g/mol. The van der Waals surface area contributed by atoms with Crippen LogP contribution < -0.4 is 15.0 Å². The van der Waals surface area contributed by atoms with E-state index < -0.39 is 0 Å². The molecular formula is C21H28N4O2. The van der Waals surface area contributed by atoms with Gasteiger partial charge in [-0.1, -0.05) is 19.9 Å². The zero-order valence-electron chi connectivity index (χ0n) is 16.6. The van der Waals surface area contributed by atoms with Crippen LogP contribution in [0.4, 0.5) is 11.5 Å². The molecule has 0 saturated carbocycles. The molecule has 4 rings (SSSR count). The summed E-state index contributed by atoms with van der Waals surface area (Å²) in [6.45, 7) is 6.44. The van der Waals surface area contributed by atoms with Crippen LogP contribution in [-0.2, 0) is 11.8 Å². The van der Waals surface area contributed by atoms with Gasteiger partial charge in [-0.05, 0) is 36.5 Å². The third-order valence-corrected chi connectivity index (χ3v) is 5.71. The number of nitrogens with zero attached hydrogens (tertiary/aromatic N) is 3. The number of hydrogen-bond donors (Lipinski definition) is 1. The molecule has 0 bridgehead atoms. The van der Waals surface area contributed by atoms with E-state index in [1.165, 1.54) is 12.8 Å². The number of carbonyl (C=O) groups excluding carboxylic acids is 1. The van der Waals surface area contributed by atoms with Crippen molar-refractivity contribution in [2.75, 3.05) is 30.4 Å². The highest BCUT2D eigenvalue weighted by Crippen LogP contribution is 2.43. The third kappa shape index (κ3) is 3.07. The Hall–Kier alpha value is -2.50. The van der Waals surface area contributed by atoms with Gasteiger partial charge in [0.2, 0.25) is 5.91 Å². The predicted molar refractivity (Wildman–Crippen MR) is 107 cm³/mol. The highest BCUT2D eigenvalue weighted by molar-refractivity contribution is 5.94. The number of carbonyl (C=O) groups is 1. The number of amides is 1. The van der Waals surface area contributed by atoms with Crippen molar-refractivity contribution in [2.24, 2.45) is 7.05 Å². The van der Waals surface area contributed by atoms with Crippen molar-refractivity contribution in [3.8, 4) is 5.75 Å². The van der Waals surface area contributed by atoms with Gasteiger partial charge in [0.05, 0.1) is 18.5 Å². The van der Waals surface area contributed by atoms with Crippen LogP contribution in [0.2, 0.25) is 0 Å². The first-order valence-electron chi connectivity index (χ1n) is 9.79. The highest BCUT2D eigenvalue weighted by atomic mass is 16.5. The fourth-order valence-electron chi connectivity index (χ4n) is 4.36. The van der Waals surface area contributed by atoms with E-state index in [2.05, 4.69) is 47.4 Å². The minimum Gasteiger partial charge on any atom is -0.495 e. The maximum absolute atomic E-state index is 12.4. The molecule has 27 heavy (non-hydrogen) atoms. The summed E-state index contributed by atoms with van der Waals surface area (Å²) in [5.74, 6) is 2.04. The Kier molecular flexibility index (Phi) is 4.58. The minimum atomic E-state index is 0.00128. The molecule has 2 aliphatic heterocycles. The molecule has 1 amide bonds. The van der Waals surface area contributed by atoms with Crippen LogP contribution >= 0.6 is 0 Å². The van der Waals surface area contributed by atoms with Gasteiger partial charge in [0.1, 0.15) is 11.6 Å². The quantitative estimate of drug-likeness (QED) is 0.895. The molecule has 1 atom stereocenters. The largest absolute Gasteiger partial charge is 0.495 e. The summed E-state index contributed by atoms with van der Waals surface area (Å²) >= 11 is 0. The lowest BCUT2D eigenvalue weighted by Crippen LogP contribution is -2.25. The lowest BCUT2D eigenvalue weighted by atomic mass is 9.83. The number of ether oxygens (including phenoxy) is 1. The van der Waals surface area contributed by atoms with Gasteiger partial charge < -0.3 is 15.0 Å². The van der Waals surface area contributed by atoms with Crippen molar-refractivity contribution < 1.29 is 9.53 Å². The molecule has 0 aliphatic carbocycles. The molecule has 2 aromatic rings. The molecule has 1 aromatic heterocycles. The number of fused-ring (bicyclic) bond motifs is 1. The van der Waals surface area contributed by atoms with Crippen LogP contribution in [-0.4, -0.2) is 35.9 Å². The number of aryl methyl sites for hydroxylation is 1. The maximum atomic E-state index is 12.4. The van der Waals surface area contributed by atoms with E-state index in [0.29, 0.717) is 12.3 Å². The van der Waals surface area contributed by atoms with E-state index in [1.807, 2.05) is 7.05 Å². The van der Waals surface area contributed by atoms with Crippen LogP contribution in [0.25, 0.3) is 0 Å². The van der Waals surface area contributed by atoms with Gasteiger partial charge in [-0.15, -0.1) is 0 Å². The Morgan fingerprint density at radius 3 is 2.67 bits per heavy atom. The van der Waals surface area contributed by atoms with Gasteiger partial charge in [0, 0.05) is 38.0 Å². The molecule has 1 unspecified atom stereocenters. The van der Waals surface area contributed by atoms with Crippen LogP contribution in [0.3, 0.4) is 0 Å². The summed E-state index contributed by atoms with van der Waals surface area (Å²) < 4.78 is 7.52. The van der Waals surface area contributed by atoms with Gasteiger partial charge in [0.15, 0.2) is 0 Å². The van der Waals surface area contributed by atoms with Crippen molar-refractivity contribution in [2.45, 2.75) is 44.9 Å². The molecule has 3 heterocycles. The fraction of sp³-hybridized carbons (Fsp3) is 0.524. The number of anilines is 2. The summed E-state index contributed by atoms with van der Waals surface area (Å²) in [7, 11) is 3.62. The van der Waals surface area contributed by atoms with E-state index in [1.54, 1.807) is 11.8 Å². The molecule has 0 radical (unpaired) electrons. The summed E-state index contributed by atoms with van der Waals surface area (Å²) in [5, 5.41) is 7.70. The van der Waals surface area contributed by atoms with Gasteiger partial charge in [0.25, 0.3) is 0 Å². The van der Waals surface area contributed by atoms with Crippen molar-refractivity contribution in [3.63, 3.8) is 0 Å². The van der Waals surface area contributed by atoms with Gasteiger partial charge in [-0.3, -0.25) is 9.48 Å². The molecular weight excluding hydrogens is 340 g/mol. The molecule has 6 nitrogen and oxygen atoms in total. The zero-order valence-corrected chi connectivity index (χ0v) is 16.6. The first kappa shape index (κ1) is 17.9. The Labute approximate surface area is 160 Å². The number of nitrogens with one attached hydrogen (secondary N) is 1. The number of benzene rings is 1. The van der Waals surface area contributed by atoms with E-state index in [4.69, 9.17) is 4.74 Å². The fourth-order valence-corrected chi connectivity index (χ4v) is 4.36. The summed E-state index contributed by atoms with van der Waals surface area (Å²) in [6, 6.07) is 6.41. The smallest absolute Gasteiger partial charge is 0.226 e. The zero-order chi connectivity index (χ0) is 19.1. The first-order chi connectivity index (χ1) is 13.0.